The van der Waals surface area contributed by atoms with Gasteiger partial charge in [-0.05, 0) is 61.7 Å². The summed E-state index contributed by atoms with van der Waals surface area (Å²) in [5.74, 6) is 0.597. The molecule has 7 heteroatoms. The van der Waals surface area contributed by atoms with Gasteiger partial charge in [-0.2, -0.15) is 0 Å². The van der Waals surface area contributed by atoms with Gasteiger partial charge in [0.25, 0.3) is 5.91 Å². The Bertz CT molecular complexity index is 885. The number of carboxylic acid groups (broad SMARTS) is 1. The van der Waals surface area contributed by atoms with Crippen LogP contribution in [0.15, 0.2) is 30.3 Å². The maximum Gasteiger partial charge on any atom is 0.341 e. The second-order valence-corrected chi connectivity index (χ2v) is 6.72. The molecule has 1 heterocycles. The zero-order valence-corrected chi connectivity index (χ0v) is 16.1. The van der Waals surface area contributed by atoms with Crippen LogP contribution in [-0.4, -0.2) is 36.8 Å². The van der Waals surface area contributed by atoms with E-state index in [2.05, 4.69) is 5.32 Å². The SMILES string of the molecule is Cc1cc(C(=O)NC(C)c2ccc3c(c2)OCCO3)cc(C)c1OCC(=O)O. The van der Waals surface area contributed by atoms with Gasteiger partial charge in [0, 0.05) is 5.56 Å². The summed E-state index contributed by atoms with van der Waals surface area (Å²) in [5, 5.41) is 11.7. The number of carbonyl (C=O) groups is 2. The molecular formula is C21H23NO6. The average molecular weight is 385 g/mol. The maximum atomic E-state index is 12.7. The molecule has 2 aromatic rings. The van der Waals surface area contributed by atoms with Crippen LogP contribution in [0, 0.1) is 13.8 Å². The van der Waals surface area contributed by atoms with Gasteiger partial charge in [-0.1, -0.05) is 6.07 Å². The topological polar surface area (TPSA) is 94.1 Å². The van der Waals surface area contributed by atoms with Crippen LogP contribution in [0.1, 0.15) is 40.0 Å². The molecule has 2 aromatic carbocycles. The fourth-order valence-electron chi connectivity index (χ4n) is 3.14. The van der Waals surface area contributed by atoms with Crippen molar-refractivity contribution < 1.29 is 28.9 Å². The zero-order valence-electron chi connectivity index (χ0n) is 16.1. The third-order valence-electron chi connectivity index (χ3n) is 4.48. The molecule has 0 saturated heterocycles. The second-order valence-electron chi connectivity index (χ2n) is 6.72. The van der Waals surface area contributed by atoms with E-state index in [9.17, 15) is 9.59 Å². The summed E-state index contributed by atoms with van der Waals surface area (Å²) < 4.78 is 16.4. The van der Waals surface area contributed by atoms with Gasteiger partial charge in [0.05, 0.1) is 6.04 Å². The number of hydrogen-bond donors (Lipinski definition) is 2. The van der Waals surface area contributed by atoms with Crippen LogP contribution < -0.4 is 19.5 Å². The van der Waals surface area contributed by atoms with Crippen molar-refractivity contribution in [1.82, 2.24) is 5.32 Å². The van der Waals surface area contributed by atoms with E-state index in [0.717, 1.165) is 5.56 Å². The minimum Gasteiger partial charge on any atom is -0.486 e. The van der Waals surface area contributed by atoms with Gasteiger partial charge >= 0.3 is 5.97 Å². The summed E-state index contributed by atoms with van der Waals surface area (Å²) in [7, 11) is 0. The maximum absolute atomic E-state index is 12.7. The highest BCUT2D eigenvalue weighted by atomic mass is 16.6. The van der Waals surface area contributed by atoms with E-state index in [1.165, 1.54) is 0 Å². The van der Waals surface area contributed by atoms with Crippen molar-refractivity contribution in [2.24, 2.45) is 0 Å². The number of fused-ring (bicyclic) bond motifs is 1. The predicted molar refractivity (Wildman–Crippen MR) is 102 cm³/mol. The Kier molecular flexibility index (Phi) is 5.73. The van der Waals surface area contributed by atoms with Crippen molar-refractivity contribution in [2.45, 2.75) is 26.8 Å². The Morgan fingerprint density at radius 3 is 2.39 bits per heavy atom. The van der Waals surface area contributed by atoms with E-state index in [-0.39, 0.29) is 11.9 Å². The van der Waals surface area contributed by atoms with Gasteiger partial charge < -0.3 is 24.6 Å². The number of benzene rings is 2. The molecule has 0 fully saturated rings. The first-order chi connectivity index (χ1) is 13.3. The Morgan fingerprint density at radius 1 is 1.11 bits per heavy atom. The molecule has 1 amide bonds. The molecule has 28 heavy (non-hydrogen) atoms. The first-order valence-corrected chi connectivity index (χ1v) is 9.01. The van der Waals surface area contributed by atoms with E-state index in [1.807, 2.05) is 25.1 Å². The number of nitrogens with one attached hydrogen (secondary N) is 1. The van der Waals surface area contributed by atoms with Gasteiger partial charge in [0.15, 0.2) is 18.1 Å². The highest BCUT2D eigenvalue weighted by Gasteiger charge is 2.18. The summed E-state index contributed by atoms with van der Waals surface area (Å²) in [5.41, 5.74) is 2.81. The number of rotatable bonds is 6. The quantitative estimate of drug-likeness (QED) is 0.794. The molecule has 1 unspecified atom stereocenters. The first kappa shape index (κ1) is 19.5. The largest absolute Gasteiger partial charge is 0.486 e. The van der Waals surface area contributed by atoms with Gasteiger partial charge in [0.2, 0.25) is 0 Å². The van der Waals surface area contributed by atoms with E-state index < -0.39 is 12.6 Å². The van der Waals surface area contributed by atoms with Crippen LogP contribution in [0.5, 0.6) is 17.2 Å². The summed E-state index contributed by atoms with van der Waals surface area (Å²) in [6, 6.07) is 8.77. The third-order valence-corrected chi connectivity index (χ3v) is 4.48. The second kappa shape index (κ2) is 8.21. The van der Waals surface area contributed by atoms with Gasteiger partial charge in [-0.25, -0.2) is 4.79 Å². The first-order valence-electron chi connectivity index (χ1n) is 9.01. The lowest BCUT2D eigenvalue weighted by atomic mass is 10.0. The Hall–Kier alpha value is -3.22. The number of aliphatic carboxylic acids is 1. The molecule has 0 bridgehead atoms. The molecule has 7 nitrogen and oxygen atoms in total. The Labute approximate surface area is 163 Å². The average Bonchev–Trinajstić information content (AvgIpc) is 2.66. The van der Waals surface area contributed by atoms with Crippen molar-refractivity contribution in [3.05, 3.63) is 52.6 Å². The highest BCUT2D eigenvalue weighted by Crippen LogP contribution is 2.32. The van der Waals surface area contributed by atoms with Crippen molar-refractivity contribution in [3.8, 4) is 17.2 Å². The molecule has 148 valence electrons. The van der Waals surface area contributed by atoms with Crippen LogP contribution in [-0.2, 0) is 4.79 Å². The molecule has 0 spiro atoms. The van der Waals surface area contributed by atoms with Gasteiger partial charge in [0.1, 0.15) is 19.0 Å². The standard InChI is InChI=1S/C21H23NO6/c1-12-8-16(9-13(2)20(12)28-11-19(23)24)21(25)22-14(3)15-4-5-17-18(10-15)27-7-6-26-17/h4-5,8-10,14H,6-7,11H2,1-3H3,(H,22,25)(H,23,24). The summed E-state index contributed by atoms with van der Waals surface area (Å²) in [4.78, 5) is 23.4. The zero-order chi connectivity index (χ0) is 20.3. The van der Waals surface area contributed by atoms with Crippen molar-refractivity contribution in [1.29, 1.82) is 0 Å². The van der Waals surface area contributed by atoms with Crippen LogP contribution in [0.3, 0.4) is 0 Å². The molecule has 0 radical (unpaired) electrons. The molecule has 0 aliphatic carbocycles. The lowest BCUT2D eigenvalue weighted by Crippen LogP contribution is -2.27. The summed E-state index contributed by atoms with van der Waals surface area (Å²) in [6.07, 6.45) is 0. The van der Waals surface area contributed by atoms with Crippen molar-refractivity contribution >= 4 is 11.9 Å². The monoisotopic (exact) mass is 385 g/mol. The van der Waals surface area contributed by atoms with Crippen molar-refractivity contribution in [3.63, 3.8) is 0 Å². The molecule has 3 rings (SSSR count). The fourth-order valence-corrected chi connectivity index (χ4v) is 3.14. The number of carbonyl (C=O) groups excluding carboxylic acids is 1. The van der Waals surface area contributed by atoms with E-state index in [4.69, 9.17) is 19.3 Å². The summed E-state index contributed by atoms with van der Waals surface area (Å²) >= 11 is 0. The van der Waals surface area contributed by atoms with Crippen LogP contribution in [0.4, 0.5) is 0 Å². The smallest absolute Gasteiger partial charge is 0.341 e. The number of aryl methyl sites for hydroxylation is 2. The molecule has 1 aliphatic rings. The fraction of sp³-hybridized carbons (Fsp3) is 0.333. The van der Waals surface area contributed by atoms with Crippen LogP contribution in [0.25, 0.3) is 0 Å². The minimum absolute atomic E-state index is 0.224. The summed E-state index contributed by atoms with van der Waals surface area (Å²) in [6.45, 7) is 6.08. The number of carboxylic acids is 1. The van der Waals surface area contributed by atoms with Gasteiger partial charge in [-0.15, -0.1) is 0 Å². The molecule has 1 atom stereocenters. The number of ether oxygens (including phenoxy) is 3. The molecule has 2 N–H and O–H groups in total. The Balaban J connectivity index is 1.72. The van der Waals surface area contributed by atoms with E-state index in [0.29, 0.717) is 47.2 Å². The highest BCUT2D eigenvalue weighted by molar-refractivity contribution is 5.95. The lowest BCUT2D eigenvalue weighted by Gasteiger charge is -2.21. The predicted octanol–water partition coefficient (Wildman–Crippen LogP) is 3.03. The lowest BCUT2D eigenvalue weighted by molar-refractivity contribution is -0.139. The molecule has 0 saturated carbocycles. The Morgan fingerprint density at radius 2 is 1.75 bits per heavy atom. The van der Waals surface area contributed by atoms with E-state index >= 15 is 0 Å². The van der Waals surface area contributed by atoms with E-state index in [1.54, 1.807) is 26.0 Å². The number of amides is 1. The number of hydrogen-bond acceptors (Lipinski definition) is 5. The van der Waals surface area contributed by atoms with Crippen molar-refractivity contribution in [2.75, 3.05) is 19.8 Å². The third kappa shape index (κ3) is 4.36. The molecular weight excluding hydrogens is 362 g/mol. The van der Waals surface area contributed by atoms with Crippen LogP contribution in [0.2, 0.25) is 0 Å². The normalized spacial score (nSPS) is 13.5. The minimum atomic E-state index is -1.05. The van der Waals surface area contributed by atoms with Crippen LogP contribution >= 0.6 is 0 Å². The van der Waals surface area contributed by atoms with Gasteiger partial charge in [-0.3, -0.25) is 4.79 Å². The molecule has 1 aliphatic heterocycles. The molecule has 0 aromatic heterocycles.